The van der Waals surface area contributed by atoms with Crippen molar-refractivity contribution in [3.05, 3.63) is 52.5 Å². The van der Waals surface area contributed by atoms with Crippen molar-refractivity contribution in [3.8, 4) is 5.75 Å². The minimum absolute atomic E-state index is 0.0662. The van der Waals surface area contributed by atoms with Crippen LogP contribution in [0, 0.1) is 13.8 Å². The van der Waals surface area contributed by atoms with Crippen LogP contribution in [0.15, 0.2) is 41.3 Å². The maximum atomic E-state index is 12.3. The highest BCUT2D eigenvalue weighted by Crippen LogP contribution is 2.32. The Labute approximate surface area is 123 Å². The Hall–Kier alpha value is -1.72. The summed E-state index contributed by atoms with van der Waals surface area (Å²) < 4.78 is 26.9. The summed E-state index contributed by atoms with van der Waals surface area (Å²) in [7, 11) is -3.76. The molecule has 0 heterocycles. The van der Waals surface area contributed by atoms with Crippen molar-refractivity contribution in [3.63, 3.8) is 0 Å². The van der Waals surface area contributed by atoms with Crippen LogP contribution in [0.4, 0.5) is 5.69 Å². The van der Waals surface area contributed by atoms with Gasteiger partial charge in [-0.05, 0) is 49.2 Å². The Morgan fingerprint density at radius 1 is 1.15 bits per heavy atom. The molecule has 0 unspecified atom stereocenters. The lowest BCUT2D eigenvalue weighted by Gasteiger charge is -2.12. The molecule has 2 rings (SSSR count). The Morgan fingerprint density at radius 2 is 1.85 bits per heavy atom. The van der Waals surface area contributed by atoms with E-state index in [0.29, 0.717) is 10.6 Å². The van der Waals surface area contributed by atoms with Crippen LogP contribution >= 0.6 is 11.6 Å². The molecule has 6 heteroatoms. The molecule has 0 bridgehead atoms. The molecule has 106 valence electrons. The molecule has 2 aromatic rings. The molecule has 0 saturated carbocycles. The van der Waals surface area contributed by atoms with Gasteiger partial charge in [-0.1, -0.05) is 23.7 Å². The Kier molecular flexibility index (Phi) is 3.92. The summed E-state index contributed by atoms with van der Waals surface area (Å²) in [6.45, 7) is 3.45. The first-order chi connectivity index (χ1) is 9.29. The number of aromatic hydroxyl groups is 1. The largest absolute Gasteiger partial charge is 0.505 e. The lowest BCUT2D eigenvalue weighted by Crippen LogP contribution is -2.13. The van der Waals surface area contributed by atoms with E-state index in [1.807, 2.05) is 0 Å². The first-order valence-corrected chi connectivity index (χ1v) is 7.74. The van der Waals surface area contributed by atoms with Gasteiger partial charge in [0, 0.05) is 5.02 Å². The van der Waals surface area contributed by atoms with Crippen LogP contribution in [-0.4, -0.2) is 13.5 Å². The third-order valence-corrected chi connectivity index (χ3v) is 4.39. The molecule has 0 aliphatic rings. The highest BCUT2D eigenvalue weighted by molar-refractivity contribution is 7.92. The number of benzene rings is 2. The maximum Gasteiger partial charge on any atom is 0.262 e. The average Bonchev–Trinajstić information content (AvgIpc) is 2.35. The zero-order valence-electron chi connectivity index (χ0n) is 11.0. The number of nitrogens with one attached hydrogen (secondary N) is 1. The molecule has 0 spiro atoms. The number of hydrogen-bond donors (Lipinski definition) is 2. The fourth-order valence-electron chi connectivity index (χ4n) is 1.80. The summed E-state index contributed by atoms with van der Waals surface area (Å²) in [6, 6.07) is 9.44. The first kappa shape index (κ1) is 14.7. The van der Waals surface area contributed by atoms with Crippen LogP contribution in [0.2, 0.25) is 5.02 Å². The molecule has 0 atom stereocenters. The molecule has 0 aliphatic carbocycles. The zero-order chi connectivity index (χ0) is 14.9. The van der Waals surface area contributed by atoms with Crippen LogP contribution in [0.3, 0.4) is 0 Å². The molecule has 0 aliphatic heterocycles. The van der Waals surface area contributed by atoms with E-state index in [1.54, 1.807) is 38.1 Å². The maximum absolute atomic E-state index is 12.3. The number of phenols is 1. The van der Waals surface area contributed by atoms with Gasteiger partial charge in [-0.2, -0.15) is 0 Å². The van der Waals surface area contributed by atoms with Gasteiger partial charge in [0.05, 0.1) is 10.6 Å². The van der Waals surface area contributed by atoms with E-state index in [-0.39, 0.29) is 16.3 Å². The fraction of sp³-hybridized carbons (Fsp3) is 0.143. The van der Waals surface area contributed by atoms with Crippen molar-refractivity contribution < 1.29 is 13.5 Å². The summed E-state index contributed by atoms with van der Waals surface area (Å²) in [4.78, 5) is 0.134. The highest BCUT2D eigenvalue weighted by atomic mass is 35.5. The van der Waals surface area contributed by atoms with Crippen LogP contribution in [0.25, 0.3) is 0 Å². The van der Waals surface area contributed by atoms with Gasteiger partial charge in [0.15, 0.2) is 0 Å². The second-order valence-corrected chi connectivity index (χ2v) is 6.66. The molecule has 0 saturated heterocycles. The number of phenolic OH excluding ortho intramolecular Hbond substituents is 1. The van der Waals surface area contributed by atoms with E-state index in [2.05, 4.69) is 4.72 Å². The lowest BCUT2D eigenvalue weighted by atomic mass is 10.2. The number of anilines is 1. The smallest absolute Gasteiger partial charge is 0.262 e. The molecular weight excluding hydrogens is 298 g/mol. The lowest BCUT2D eigenvalue weighted by molar-refractivity contribution is 0.473. The molecule has 2 N–H and O–H groups in total. The number of hydrogen-bond acceptors (Lipinski definition) is 3. The first-order valence-electron chi connectivity index (χ1n) is 5.88. The van der Waals surface area contributed by atoms with Gasteiger partial charge < -0.3 is 5.11 Å². The van der Waals surface area contributed by atoms with Crippen molar-refractivity contribution in [1.29, 1.82) is 0 Å². The average molecular weight is 312 g/mol. The van der Waals surface area contributed by atoms with Crippen molar-refractivity contribution in [2.45, 2.75) is 18.7 Å². The van der Waals surface area contributed by atoms with Crippen LogP contribution in [0.5, 0.6) is 5.75 Å². The molecule has 0 amide bonds. The molecule has 2 aromatic carbocycles. The number of halogens is 1. The topological polar surface area (TPSA) is 66.4 Å². The van der Waals surface area contributed by atoms with E-state index in [4.69, 9.17) is 11.6 Å². The van der Waals surface area contributed by atoms with E-state index < -0.39 is 10.0 Å². The summed E-state index contributed by atoms with van der Waals surface area (Å²) in [5, 5.41) is 10.3. The molecule has 20 heavy (non-hydrogen) atoms. The number of rotatable bonds is 3. The number of aryl methyl sites for hydroxylation is 2. The van der Waals surface area contributed by atoms with E-state index in [9.17, 15) is 13.5 Å². The molecule has 4 nitrogen and oxygen atoms in total. The predicted octanol–water partition coefficient (Wildman–Crippen LogP) is 3.46. The Bertz CT molecular complexity index is 757. The summed E-state index contributed by atoms with van der Waals surface area (Å²) in [5.74, 6) is -0.134. The van der Waals surface area contributed by atoms with E-state index in [0.717, 1.165) is 5.56 Å². The standard InChI is InChI=1S/C14H14ClNO3S/c1-9-4-3-5-12(6-9)20(18,19)16-13-8-11(15)7-10(2)14(13)17/h3-8,16-17H,1-2H3. The van der Waals surface area contributed by atoms with Crippen molar-refractivity contribution >= 4 is 27.3 Å². The van der Waals surface area contributed by atoms with Gasteiger partial charge in [-0.3, -0.25) is 4.72 Å². The van der Waals surface area contributed by atoms with Gasteiger partial charge >= 0.3 is 0 Å². The fourth-order valence-corrected chi connectivity index (χ4v) is 3.23. The molecule has 0 fully saturated rings. The van der Waals surface area contributed by atoms with Crippen LogP contribution < -0.4 is 4.72 Å². The van der Waals surface area contributed by atoms with Gasteiger partial charge in [-0.25, -0.2) is 8.42 Å². The SMILES string of the molecule is Cc1cccc(S(=O)(=O)Nc2cc(Cl)cc(C)c2O)c1. The third-order valence-electron chi connectivity index (χ3n) is 2.81. The van der Waals surface area contributed by atoms with Gasteiger partial charge in [0.2, 0.25) is 0 Å². The zero-order valence-corrected chi connectivity index (χ0v) is 12.6. The van der Waals surface area contributed by atoms with Crippen LogP contribution in [0.1, 0.15) is 11.1 Å². The number of sulfonamides is 1. The van der Waals surface area contributed by atoms with Gasteiger partial charge in [0.25, 0.3) is 10.0 Å². The molecule has 0 aromatic heterocycles. The predicted molar refractivity (Wildman–Crippen MR) is 79.8 cm³/mol. The van der Waals surface area contributed by atoms with E-state index >= 15 is 0 Å². The van der Waals surface area contributed by atoms with E-state index in [1.165, 1.54) is 12.1 Å². The molecule has 0 radical (unpaired) electrons. The summed E-state index contributed by atoms with van der Waals surface area (Å²) >= 11 is 5.88. The monoisotopic (exact) mass is 311 g/mol. The second-order valence-electron chi connectivity index (χ2n) is 4.54. The summed E-state index contributed by atoms with van der Waals surface area (Å²) in [6.07, 6.45) is 0. The summed E-state index contributed by atoms with van der Waals surface area (Å²) in [5.41, 5.74) is 1.40. The van der Waals surface area contributed by atoms with Crippen molar-refractivity contribution in [2.24, 2.45) is 0 Å². The Morgan fingerprint density at radius 3 is 2.50 bits per heavy atom. The van der Waals surface area contributed by atoms with Gasteiger partial charge in [0.1, 0.15) is 5.75 Å². The normalized spacial score (nSPS) is 11.3. The van der Waals surface area contributed by atoms with Crippen molar-refractivity contribution in [2.75, 3.05) is 4.72 Å². The second kappa shape index (κ2) is 5.34. The minimum Gasteiger partial charge on any atom is -0.505 e. The highest BCUT2D eigenvalue weighted by Gasteiger charge is 2.17. The van der Waals surface area contributed by atoms with Crippen LogP contribution in [-0.2, 0) is 10.0 Å². The van der Waals surface area contributed by atoms with Crippen molar-refractivity contribution in [1.82, 2.24) is 0 Å². The quantitative estimate of drug-likeness (QED) is 0.853. The Balaban J connectivity index is 2.44. The minimum atomic E-state index is -3.76. The molecular formula is C14H14ClNO3S. The third kappa shape index (κ3) is 3.05. The van der Waals surface area contributed by atoms with Gasteiger partial charge in [-0.15, -0.1) is 0 Å².